The van der Waals surface area contributed by atoms with Gasteiger partial charge in [0, 0.05) is 0 Å². The minimum absolute atomic E-state index is 0.119. The molecule has 0 spiro atoms. The lowest BCUT2D eigenvalue weighted by molar-refractivity contribution is -0.116. The molecule has 0 bridgehead atoms. The molecule has 13 heavy (non-hydrogen) atoms. The van der Waals surface area contributed by atoms with Crippen LogP contribution < -0.4 is 0 Å². The van der Waals surface area contributed by atoms with E-state index in [1.807, 2.05) is 6.92 Å². The third-order valence-electron chi connectivity index (χ3n) is 1.73. The normalized spacial score (nSPS) is 12.5. The number of hydrogen-bond acceptors (Lipinski definition) is 2. The Balaban J connectivity index is 3.07. The second-order valence-electron chi connectivity index (χ2n) is 3.08. The first kappa shape index (κ1) is 10.1. The second-order valence-corrected chi connectivity index (χ2v) is 3.51. The molecule has 1 rings (SSSR count). The Labute approximate surface area is 82.2 Å². The average molecular weight is 199 g/mol. The van der Waals surface area contributed by atoms with Crippen molar-refractivity contribution in [3.63, 3.8) is 0 Å². The Hall–Kier alpha value is -1.02. The number of aryl methyl sites for hydroxylation is 1. The molecule has 70 valence electrons. The molecule has 1 aromatic rings. The molecule has 0 fully saturated rings. The number of hydrogen-bond donors (Lipinski definition) is 1. The number of carbonyl (C=O) groups excluding carboxylic acids is 1. The van der Waals surface area contributed by atoms with Gasteiger partial charge in [-0.2, -0.15) is 0 Å². The smallest absolute Gasteiger partial charge is 0.152 e. The van der Waals surface area contributed by atoms with Gasteiger partial charge in [0.05, 0.1) is 0 Å². The third-order valence-corrected chi connectivity index (χ3v) is 2.29. The van der Waals surface area contributed by atoms with Gasteiger partial charge in [-0.05, 0) is 37.1 Å². The number of aromatic hydroxyl groups is 1. The van der Waals surface area contributed by atoms with E-state index in [1.165, 1.54) is 13.0 Å². The van der Waals surface area contributed by atoms with Gasteiger partial charge >= 0.3 is 0 Å². The maximum absolute atomic E-state index is 11.0. The quantitative estimate of drug-likeness (QED) is 0.742. The highest BCUT2D eigenvalue weighted by Crippen LogP contribution is 2.25. The van der Waals surface area contributed by atoms with E-state index in [2.05, 4.69) is 0 Å². The molecule has 0 saturated heterocycles. The first-order valence-electron chi connectivity index (χ1n) is 3.96. The summed E-state index contributed by atoms with van der Waals surface area (Å²) in [6.07, 6.45) is 0. The summed E-state index contributed by atoms with van der Waals surface area (Å²) in [6, 6.07) is 4.91. The Kier molecular flexibility index (Phi) is 2.94. The van der Waals surface area contributed by atoms with Crippen LogP contribution in [0.5, 0.6) is 5.75 Å². The zero-order chi connectivity index (χ0) is 10.0. The van der Waals surface area contributed by atoms with E-state index in [-0.39, 0.29) is 11.5 Å². The van der Waals surface area contributed by atoms with Crippen molar-refractivity contribution in [2.75, 3.05) is 0 Å². The molecule has 0 aliphatic rings. The van der Waals surface area contributed by atoms with Crippen molar-refractivity contribution in [3.05, 3.63) is 29.3 Å². The van der Waals surface area contributed by atoms with Crippen molar-refractivity contribution in [3.8, 4) is 5.75 Å². The van der Waals surface area contributed by atoms with Crippen LogP contribution in [0, 0.1) is 6.92 Å². The second kappa shape index (κ2) is 3.79. The molecular formula is C10H11ClO2. The highest BCUT2D eigenvalue weighted by molar-refractivity contribution is 6.30. The van der Waals surface area contributed by atoms with Crippen LogP contribution in [0.2, 0.25) is 0 Å². The number of rotatable bonds is 2. The van der Waals surface area contributed by atoms with Gasteiger partial charge in [0.1, 0.15) is 11.1 Å². The van der Waals surface area contributed by atoms with Crippen LogP contribution in [0.25, 0.3) is 0 Å². The van der Waals surface area contributed by atoms with Crippen LogP contribution in [0.1, 0.15) is 23.4 Å². The highest BCUT2D eigenvalue weighted by atomic mass is 35.5. The van der Waals surface area contributed by atoms with Crippen molar-refractivity contribution >= 4 is 17.4 Å². The molecule has 3 heteroatoms. The van der Waals surface area contributed by atoms with Gasteiger partial charge in [-0.1, -0.05) is 6.07 Å². The summed E-state index contributed by atoms with van der Waals surface area (Å²) in [5, 5.41) is 8.59. The van der Waals surface area contributed by atoms with Gasteiger partial charge in [0.2, 0.25) is 0 Å². The first-order chi connectivity index (χ1) is 6.00. The highest BCUT2D eigenvalue weighted by Gasteiger charge is 2.13. The Morgan fingerprint density at radius 3 is 2.54 bits per heavy atom. The molecule has 0 aliphatic carbocycles. The lowest BCUT2D eigenvalue weighted by Crippen LogP contribution is -2.01. The van der Waals surface area contributed by atoms with E-state index in [1.54, 1.807) is 12.1 Å². The molecule has 1 atom stereocenters. The summed E-state index contributed by atoms with van der Waals surface area (Å²) in [5.41, 5.74) is 1.54. The summed E-state index contributed by atoms with van der Waals surface area (Å²) < 4.78 is 0. The molecule has 0 aromatic heterocycles. The maximum atomic E-state index is 11.0. The number of ketones is 1. The van der Waals surface area contributed by atoms with E-state index in [4.69, 9.17) is 11.6 Å². The summed E-state index contributed by atoms with van der Waals surface area (Å²) in [7, 11) is 0. The standard InChI is InChI=1S/C10H11ClO2/c1-6-3-8(5-9(13)4-6)10(11)7(2)12/h3-5,10,13H,1-2H3. The Morgan fingerprint density at radius 2 is 2.08 bits per heavy atom. The first-order valence-corrected chi connectivity index (χ1v) is 4.39. The van der Waals surface area contributed by atoms with Gasteiger partial charge in [-0.3, -0.25) is 4.79 Å². The minimum atomic E-state index is -0.661. The summed E-state index contributed by atoms with van der Waals surface area (Å²) in [6.45, 7) is 3.27. The van der Waals surface area contributed by atoms with E-state index in [0.717, 1.165) is 5.56 Å². The molecule has 0 heterocycles. The van der Waals surface area contributed by atoms with Gasteiger partial charge < -0.3 is 5.11 Å². The van der Waals surface area contributed by atoms with Crippen LogP contribution in [0.4, 0.5) is 0 Å². The minimum Gasteiger partial charge on any atom is -0.508 e. The van der Waals surface area contributed by atoms with E-state index < -0.39 is 5.38 Å². The van der Waals surface area contributed by atoms with Crippen LogP contribution >= 0.6 is 11.6 Å². The van der Waals surface area contributed by atoms with Crippen molar-refractivity contribution in [1.82, 2.24) is 0 Å². The number of benzene rings is 1. The SMILES string of the molecule is CC(=O)C(Cl)c1cc(C)cc(O)c1. The molecule has 1 aromatic carbocycles. The third kappa shape index (κ3) is 2.46. The van der Waals surface area contributed by atoms with E-state index >= 15 is 0 Å². The fourth-order valence-corrected chi connectivity index (χ4v) is 1.30. The van der Waals surface area contributed by atoms with Gasteiger partial charge in [0.15, 0.2) is 5.78 Å². The van der Waals surface area contributed by atoms with Crippen molar-refractivity contribution < 1.29 is 9.90 Å². The Bertz CT molecular complexity index is 313. The van der Waals surface area contributed by atoms with Crippen LogP contribution in [0.3, 0.4) is 0 Å². The summed E-state index contributed by atoms with van der Waals surface area (Å²) >= 11 is 5.82. The van der Waals surface area contributed by atoms with Crippen LogP contribution in [-0.4, -0.2) is 10.9 Å². The molecule has 1 N–H and O–H groups in total. The molecule has 0 amide bonds. The molecule has 0 aliphatic heterocycles. The Morgan fingerprint density at radius 1 is 1.46 bits per heavy atom. The van der Waals surface area contributed by atoms with E-state index in [9.17, 15) is 9.90 Å². The van der Waals surface area contributed by atoms with Crippen LogP contribution in [-0.2, 0) is 4.79 Å². The molecule has 1 unspecified atom stereocenters. The number of carbonyl (C=O) groups is 1. The summed E-state index contributed by atoms with van der Waals surface area (Å²) in [5.74, 6) is 0.0218. The maximum Gasteiger partial charge on any atom is 0.152 e. The number of alkyl halides is 1. The summed E-state index contributed by atoms with van der Waals surface area (Å²) in [4.78, 5) is 11.0. The fraction of sp³-hybridized carbons (Fsp3) is 0.300. The van der Waals surface area contributed by atoms with Gasteiger partial charge in [0.25, 0.3) is 0 Å². The van der Waals surface area contributed by atoms with Crippen molar-refractivity contribution in [2.45, 2.75) is 19.2 Å². The number of phenolic OH excluding ortho intramolecular Hbond substituents is 1. The largest absolute Gasteiger partial charge is 0.508 e. The average Bonchev–Trinajstić information content (AvgIpc) is 2.01. The molecule has 0 radical (unpaired) electrons. The molecular weight excluding hydrogens is 188 g/mol. The lowest BCUT2D eigenvalue weighted by atomic mass is 10.1. The monoisotopic (exact) mass is 198 g/mol. The number of halogens is 1. The number of phenols is 1. The van der Waals surface area contributed by atoms with Crippen molar-refractivity contribution in [2.24, 2.45) is 0 Å². The molecule has 0 saturated carbocycles. The lowest BCUT2D eigenvalue weighted by Gasteiger charge is -2.07. The zero-order valence-electron chi connectivity index (χ0n) is 7.54. The van der Waals surface area contributed by atoms with Gasteiger partial charge in [-0.25, -0.2) is 0 Å². The topological polar surface area (TPSA) is 37.3 Å². The zero-order valence-corrected chi connectivity index (χ0v) is 8.30. The predicted octanol–water partition coefficient (Wildman–Crippen LogP) is 2.57. The predicted molar refractivity (Wildman–Crippen MR) is 52.1 cm³/mol. The van der Waals surface area contributed by atoms with Gasteiger partial charge in [-0.15, -0.1) is 11.6 Å². The number of Topliss-reactive ketones (excluding diaryl/α,β-unsaturated/α-hetero) is 1. The fourth-order valence-electron chi connectivity index (χ4n) is 1.17. The van der Waals surface area contributed by atoms with Crippen LogP contribution in [0.15, 0.2) is 18.2 Å². The van der Waals surface area contributed by atoms with E-state index in [0.29, 0.717) is 5.56 Å². The van der Waals surface area contributed by atoms with Crippen molar-refractivity contribution in [1.29, 1.82) is 0 Å². The molecule has 2 nitrogen and oxygen atoms in total.